The molecule has 3 heterocycles. The number of hydrogen-bond donors (Lipinski definition) is 1. The molecule has 0 radical (unpaired) electrons. The summed E-state index contributed by atoms with van der Waals surface area (Å²) >= 11 is 0. The van der Waals surface area contributed by atoms with E-state index in [2.05, 4.69) is 20.3 Å². The maximum Gasteiger partial charge on any atom is 0.225 e. The van der Waals surface area contributed by atoms with Crippen molar-refractivity contribution in [3.8, 4) is 11.4 Å². The topological polar surface area (TPSA) is 91.3 Å². The summed E-state index contributed by atoms with van der Waals surface area (Å²) in [4.78, 5) is 40.6. The average molecular weight is 354 g/mol. The number of nitrogens with zero attached hydrogens (tertiary/aromatic N) is 5. The van der Waals surface area contributed by atoms with Crippen molar-refractivity contribution in [3.05, 3.63) is 36.3 Å². The normalized spacial score (nSPS) is 16.7. The molecule has 2 aromatic rings. The van der Waals surface area contributed by atoms with Gasteiger partial charge in [0.05, 0.1) is 18.2 Å². The van der Waals surface area contributed by atoms with Crippen molar-refractivity contribution in [3.63, 3.8) is 0 Å². The van der Waals surface area contributed by atoms with Gasteiger partial charge >= 0.3 is 0 Å². The molecule has 2 amide bonds. The van der Waals surface area contributed by atoms with Gasteiger partial charge in [-0.3, -0.25) is 14.6 Å². The first-order valence-electron chi connectivity index (χ1n) is 8.41. The third-order valence-corrected chi connectivity index (χ3v) is 4.30. The number of carbonyl (C=O) groups is 2. The minimum atomic E-state index is -0.305. The summed E-state index contributed by atoms with van der Waals surface area (Å²) in [7, 11) is 5.51. The Balaban J connectivity index is 1.76. The smallest absolute Gasteiger partial charge is 0.225 e. The van der Waals surface area contributed by atoms with Crippen molar-refractivity contribution in [2.24, 2.45) is 5.92 Å². The summed E-state index contributed by atoms with van der Waals surface area (Å²) < 4.78 is 0. The Hall–Kier alpha value is -3.03. The summed E-state index contributed by atoms with van der Waals surface area (Å²) in [5.41, 5.74) is 1.51. The number of carbonyl (C=O) groups excluding carboxylic acids is 2. The van der Waals surface area contributed by atoms with E-state index in [0.717, 1.165) is 11.4 Å². The largest absolute Gasteiger partial charge is 0.363 e. The Morgan fingerprint density at radius 2 is 2.19 bits per heavy atom. The Morgan fingerprint density at radius 1 is 1.38 bits per heavy atom. The van der Waals surface area contributed by atoms with E-state index in [1.165, 1.54) is 0 Å². The molecule has 136 valence electrons. The molecule has 1 aliphatic heterocycles. The van der Waals surface area contributed by atoms with Crippen LogP contribution in [-0.4, -0.2) is 59.4 Å². The van der Waals surface area contributed by atoms with Crippen LogP contribution in [0.1, 0.15) is 12.1 Å². The highest BCUT2D eigenvalue weighted by Crippen LogP contribution is 2.19. The second-order valence-electron chi connectivity index (χ2n) is 6.57. The third kappa shape index (κ3) is 3.96. The van der Waals surface area contributed by atoms with E-state index in [1.807, 2.05) is 37.2 Å². The molecule has 1 fully saturated rings. The number of likely N-dealkylation sites (tertiary alicyclic amines) is 1. The van der Waals surface area contributed by atoms with E-state index in [9.17, 15) is 9.59 Å². The minimum Gasteiger partial charge on any atom is -0.363 e. The van der Waals surface area contributed by atoms with Crippen molar-refractivity contribution >= 4 is 17.6 Å². The number of amides is 2. The lowest BCUT2D eigenvalue weighted by molar-refractivity contribution is -0.128. The van der Waals surface area contributed by atoms with Gasteiger partial charge in [0.2, 0.25) is 11.8 Å². The maximum absolute atomic E-state index is 12.3. The van der Waals surface area contributed by atoms with Crippen molar-refractivity contribution in [2.75, 3.05) is 32.6 Å². The quantitative estimate of drug-likeness (QED) is 0.850. The lowest BCUT2D eigenvalue weighted by Gasteiger charge is -2.15. The number of hydrogen-bond acceptors (Lipinski definition) is 6. The molecule has 1 atom stereocenters. The fraction of sp³-hybridized carbons (Fsp3) is 0.389. The molecule has 0 spiro atoms. The van der Waals surface area contributed by atoms with Crippen LogP contribution in [0.5, 0.6) is 0 Å². The lowest BCUT2D eigenvalue weighted by atomic mass is 10.1. The van der Waals surface area contributed by atoms with Crippen LogP contribution in [0.25, 0.3) is 11.4 Å². The minimum absolute atomic E-state index is 0.000874. The first-order chi connectivity index (χ1) is 12.4. The second-order valence-corrected chi connectivity index (χ2v) is 6.57. The molecule has 26 heavy (non-hydrogen) atoms. The van der Waals surface area contributed by atoms with Crippen molar-refractivity contribution < 1.29 is 9.59 Å². The van der Waals surface area contributed by atoms with Gasteiger partial charge in [0.1, 0.15) is 5.82 Å². The molecule has 8 heteroatoms. The highest BCUT2D eigenvalue weighted by molar-refractivity contribution is 5.89. The van der Waals surface area contributed by atoms with Crippen molar-refractivity contribution in [1.82, 2.24) is 25.2 Å². The summed E-state index contributed by atoms with van der Waals surface area (Å²) in [6, 6.07) is 5.56. The van der Waals surface area contributed by atoms with E-state index in [-0.39, 0.29) is 30.7 Å². The Morgan fingerprint density at radius 3 is 2.81 bits per heavy atom. The van der Waals surface area contributed by atoms with Gasteiger partial charge in [0.15, 0.2) is 5.82 Å². The van der Waals surface area contributed by atoms with Crippen molar-refractivity contribution in [2.45, 2.75) is 13.0 Å². The number of pyridine rings is 1. The Labute approximate surface area is 152 Å². The molecule has 1 N–H and O–H groups in total. The zero-order chi connectivity index (χ0) is 18.7. The molecule has 1 aliphatic rings. The first kappa shape index (κ1) is 17.8. The van der Waals surface area contributed by atoms with Gasteiger partial charge in [0.25, 0.3) is 0 Å². The van der Waals surface area contributed by atoms with E-state index in [1.54, 1.807) is 24.3 Å². The highest BCUT2D eigenvalue weighted by atomic mass is 16.2. The SMILES string of the molecule is CN1C[C@@H](C(=O)NCc2cc(N(C)C)nc(-c3cccnc3)n2)CC1=O. The summed E-state index contributed by atoms with van der Waals surface area (Å²) in [6.07, 6.45) is 3.66. The van der Waals surface area contributed by atoms with Gasteiger partial charge in [0, 0.05) is 58.1 Å². The molecule has 3 rings (SSSR count). The van der Waals surface area contributed by atoms with E-state index in [0.29, 0.717) is 18.1 Å². The highest BCUT2D eigenvalue weighted by Gasteiger charge is 2.31. The maximum atomic E-state index is 12.3. The van der Waals surface area contributed by atoms with Crippen LogP contribution >= 0.6 is 0 Å². The summed E-state index contributed by atoms with van der Waals surface area (Å²) in [6.45, 7) is 0.738. The Kier molecular flexibility index (Phi) is 5.11. The van der Waals surface area contributed by atoms with Crippen molar-refractivity contribution in [1.29, 1.82) is 0 Å². The van der Waals surface area contributed by atoms with E-state index < -0.39 is 0 Å². The molecule has 1 saturated heterocycles. The van der Waals surface area contributed by atoms with Crippen LogP contribution in [0.2, 0.25) is 0 Å². The van der Waals surface area contributed by atoms with Gasteiger partial charge in [-0.1, -0.05) is 0 Å². The van der Waals surface area contributed by atoms with Crippen LogP contribution < -0.4 is 10.2 Å². The van der Waals surface area contributed by atoms with Crippen LogP contribution in [0, 0.1) is 5.92 Å². The van der Waals surface area contributed by atoms with Gasteiger partial charge < -0.3 is 15.1 Å². The molecule has 0 aromatic carbocycles. The molecular weight excluding hydrogens is 332 g/mol. The van der Waals surface area contributed by atoms with Crippen LogP contribution in [0.4, 0.5) is 5.82 Å². The van der Waals surface area contributed by atoms with Gasteiger partial charge in [-0.05, 0) is 12.1 Å². The molecule has 2 aromatic heterocycles. The number of rotatable bonds is 5. The molecular formula is C18H22N6O2. The second kappa shape index (κ2) is 7.47. The zero-order valence-electron chi connectivity index (χ0n) is 15.1. The summed E-state index contributed by atoms with van der Waals surface area (Å²) in [5.74, 6) is 0.875. The standard InChI is InChI=1S/C18H22N6O2/c1-23(2)15-8-14(21-17(22-15)12-5-4-6-19-9-12)10-20-18(26)13-7-16(25)24(3)11-13/h4-6,8-9,13H,7,10-11H2,1-3H3,(H,20,26)/t13-/m0/s1. The summed E-state index contributed by atoms with van der Waals surface area (Å²) in [5, 5.41) is 2.88. The van der Waals surface area contributed by atoms with Crippen LogP contribution in [0.15, 0.2) is 30.6 Å². The third-order valence-electron chi connectivity index (χ3n) is 4.30. The first-order valence-corrected chi connectivity index (χ1v) is 8.41. The van der Waals surface area contributed by atoms with E-state index in [4.69, 9.17) is 0 Å². The lowest BCUT2D eigenvalue weighted by Crippen LogP contribution is -2.32. The van der Waals surface area contributed by atoms with Crippen LogP contribution in [0.3, 0.4) is 0 Å². The van der Waals surface area contributed by atoms with E-state index >= 15 is 0 Å². The molecule has 0 bridgehead atoms. The van der Waals surface area contributed by atoms with Gasteiger partial charge in [-0.2, -0.15) is 0 Å². The molecule has 0 saturated carbocycles. The molecule has 0 aliphatic carbocycles. The fourth-order valence-corrected chi connectivity index (χ4v) is 2.79. The van der Waals surface area contributed by atoms with Crippen LogP contribution in [-0.2, 0) is 16.1 Å². The monoisotopic (exact) mass is 354 g/mol. The fourth-order valence-electron chi connectivity index (χ4n) is 2.79. The Bertz CT molecular complexity index is 809. The number of aromatic nitrogens is 3. The average Bonchev–Trinajstić information content (AvgIpc) is 2.99. The molecule has 8 nitrogen and oxygen atoms in total. The van der Waals surface area contributed by atoms with Gasteiger partial charge in [-0.25, -0.2) is 9.97 Å². The predicted octanol–water partition coefficient (Wildman–Crippen LogP) is 0.699. The number of nitrogens with one attached hydrogen (secondary N) is 1. The number of anilines is 1. The predicted molar refractivity (Wildman–Crippen MR) is 97.2 cm³/mol. The van der Waals surface area contributed by atoms with Gasteiger partial charge in [-0.15, -0.1) is 0 Å². The zero-order valence-corrected chi connectivity index (χ0v) is 15.1. The molecule has 0 unspecified atom stereocenters.